The Kier molecular flexibility index (Phi) is 6.25. The molecule has 0 saturated carbocycles. The average molecular weight is 436 g/mol. The van der Waals surface area contributed by atoms with Crippen molar-refractivity contribution in [3.05, 3.63) is 72.1 Å². The van der Waals surface area contributed by atoms with E-state index in [0.717, 1.165) is 0 Å². The van der Waals surface area contributed by atoms with E-state index in [9.17, 15) is 9.59 Å². The normalized spacial score (nSPS) is 9.25. The number of rotatable bonds is 5. The summed E-state index contributed by atoms with van der Waals surface area (Å²) in [7, 11) is 1.58. The van der Waals surface area contributed by atoms with Gasteiger partial charge in [-0.3, -0.25) is 0 Å². The van der Waals surface area contributed by atoms with Crippen LogP contribution in [0.1, 0.15) is 11.1 Å². The molecule has 0 aliphatic rings. The summed E-state index contributed by atoms with van der Waals surface area (Å²) in [6.45, 7) is 0. The van der Waals surface area contributed by atoms with Crippen molar-refractivity contribution in [2.24, 2.45) is 0 Å². The first-order chi connectivity index (χ1) is 9.20. The average Bonchev–Trinajstić information content (AvgIpc) is 2.48. The third-order valence-corrected chi connectivity index (χ3v) is 2.73. The van der Waals surface area contributed by atoms with Gasteiger partial charge in [0.2, 0.25) is 0 Å². The van der Waals surface area contributed by atoms with Crippen LogP contribution in [0.4, 0.5) is 0 Å². The number of methoxy groups -OCH3 is 1. The maximum Gasteiger partial charge on any atom is 5.00 e. The van der Waals surface area contributed by atoms with Gasteiger partial charge in [0, 0.05) is 6.42 Å². The zero-order valence-corrected chi connectivity index (χ0v) is 14.2. The van der Waals surface area contributed by atoms with Crippen molar-refractivity contribution in [3.8, 4) is 5.75 Å². The topological polar surface area (TPSA) is 52.0 Å². The summed E-state index contributed by atoms with van der Waals surface area (Å²) in [5.74, 6) is 0.741. The van der Waals surface area contributed by atoms with E-state index < -0.39 is 0 Å². The van der Waals surface area contributed by atoms with Crippen LogP contribution in [0.5, 0.6) is 5.75 Å². The summed E-state index contributed by atoms with van der Waals surface area (Å²) >= 11 is 0. The number of ether oxygens (including phenoxy) is 1. The Hall–Kier alpha value is -1.81. The maximum atomic E-state index is 9.96. The van der Waals surface area contributed by atoms with Crippen molar-refractivity contribution in [2.75, 3.05) is 7.11 Å². The first-order valence-corrected chi connectivity index (χ1v) is 5.87. The van der Waals surface area contributed by atoms with Gasteiger partial charge in [-0.05, 0) is 23.3 Å². The third-order valence-electron chi connectivity index (χ3n) is 2.73. The minimum atomic E-state index is 0. The van der Waals surface area contributed by atoms with Gasteiger partial charge in [-0.2, -0.15) is 0 Å². The fourth-order valence-corrected chi connectivity index (χ4v) is 1.67. The van der Waals surface area contributed by atoms with Gasteiger partial charge < -0.3 is 14.3 Å². The van der Waals surface area contributed by atoms with E-state index in [4.69, 9.17) is 4.74 Å². The molecule has 96 valence electrons. The standard InChI is InChI=1S/C16H13O3.Ta/c1-19-14-9-7-13(8-10-14)16(18)11-15(17)12-5-3-2-4-6-12;/h2-11H,1H3;/q-1;+5/p+2. The van der Waals surface area contributed by atoms with Gasteiger partial charge in [0.25, 0.3) is 11.6 Å². The second kappa shape index (κ2) is 7.70. The summed E-state index contributed by atoms with van der Waals surface area (Å²) in [6, 6.07) is 16.0. The van der Waals surface area contributed by atoms with Gasteiger partial charge in [-0.1, -0.05) is 30.3 Å². The predicted octanol–water partition coefficient (Wildman–Crippen LogP) is 2.38. The Morgan fingerprint density at radius 1 is 0.850 bits per heavy atom. The second-order valence-corrected chi connectivity index (χ2v) is 4.01. The Bertz CT molecular complexity index is 576. The van der Waals surface area contributed by atoms with Crippen molar-refractivity contribution in [3.63, 3.8) is 0 Å². The van der Waals surface area contributed by atoms with Gasteiger partial charge in [0.1, 0.15) is 5.75 Å². The molecule has 0 aliphatic carbocycles. The number of benzene rings is 2. The smallest absolute Gasteiger partial charge is 0.497 e. The van der Waals surface area contributed by atoms with Crippen LogP contribution in [0.2, 0.25) is 0 Å². The Balaban J connectivity index is 0.00000200. The summed E-state index contributed by atoms with van der Waals surface area (Å²) in [5, 5.41) is 0. The van der Waals surface area contributed by atoms with E-state index in [2.05, 4.69) is 0 Å². The summed E-state index contributed by atoms with van der Waals surface area (Å²) in [4.78, 5) is 19.9. The Labute approximate surface area is 133 Å². The van der Waals surface area contributed by atoms with Gasteiger partial charge in [0.15, 0.2) is 0 Å². The van der Waals surface area contributed by atoms with E-state index in [0.29, 0.717) is 16.9 Å². The molecule has 0 atom stereocenters. The van der Waals surface area contributed by atoms with Crippen molar-refractivity contribution >= 4 is 11.6 Å². The fourth-order valence-electron chi connectivity index (χ4n) is 1.67. The van der Waals surface area contributed by atoms with Crippen LogP contribution in [0, 0.1) is 6.42 Å². The Morgan fingerprint density at radius 3 is 1.85 bits per heavy atom. The number of hydrogen-bond acceptors (Lipinski definition) is 1. The van der Waals surface area contributed by atoms with Crippen LogP contribution in [-0.4, -0.2) is 28.3 Å². The van der Waals surface area contributed by atoms with Crippen LogP contribution >= 0.6 is 0 Å². The van der Waals surface area contributed by atoms with Crippen molar-refractivity contribution < 1.29 is 36.7 Å². The largest absolute Gasteiger partial charge is 5.00 e. The number of hydrogen-bond donors (Lipinski definition) is 0. The summed E-state index contributed by atoms with van der Waals surface area (Å²) < 4.78 is 5.04. The zero-order valence-electron chi connectivity index (χ0n) is 11.0. The molecule has 2 aromatic rings. The summed E-state index contributed by atoms with van der Waals surface area (Å²) in [5.41, 5.74) is 1.27. The van der Waals surface area contributed by atoms with Crippen molar-refractivity contribution in [1.82, 2.24) is 0 Å². The molecule has 0 bridgehead atoms. The second-order valence-electron chi connectivity index (χ2n) is 4.01. The number of carbonyl (C=O) groups excluding carboxylic acids is 2. The summed E-state index contributed by atoms with van der Waals surface area (Å²) in [6.07, 6.45) is 1.33. The molecule has 3 nitrogen and oxygen atoms in total. The molecular weight excluding hydrogens is 421 g/mol. The molecule has 4 heteroatoms. The molecule has 0 aromatic heterocycles. The van der Waals surface area contributed by atoms with Crippen LogP contribution in [0.15, 0.2) is 54.6 Å². The third kappa shape index (κ3) is 4.10. The molecule has 20 heavy (non-hydrogen) atoms. The molecule has 2 N–H and O–H groups in total. The molecule has 0 spiro atoms. The Morgan fingerprint density at radius 2 is 1.35 bits per heavy atom. The maximum absolute atomic E-state index is 9.96. The van der Waals surface area contributed by atoms with Crippen LogP contribution in [-0.2, 0) is 22.4 Å². The minimum absolute atomic E-state index is 0. The van der Waals surface area contributed by atoms with Gasteiger partial charge in [-0.15, -0.1) is 12.1 Å². The van der Waals surface area contributed by atoms with Gasteiger partial charge in [0.05, 0.1) is 7.11 Å². The molecule has 0 unspecified atom stereocenters. The predicted molar refractivity (Wildman–Crippen MR) is 75.8 cm³/mol. The molecule has 2 rings (SSSR count). The molecule has 2 aromatic carbocycles. The molecule has 0 radical (unpaired) electrons. The monoisotopic (exact) mass is 436 g/mol. The zero-order chi connectivity index (χ0) is 13.7. The first kappa shape index (κ1) is 16.2. The molecule has 0 heterocycles. The van der Waals surface area contributed by atoms with E-state index in [-0.39, 0.29) is 33.9 Å². The molecule has 0 saturated heterocycles. The number of ketones is 2. The fraction of sp³-hybridized carbons (Fsp3) is 0.0625. The van der Waals surface area contributed by atoms with Gasteiger partial charge in [-0.25, -0.2) is 0 Å². The van der Waals surface area contributed by atoms with Crippen LogP contribution in [0.25, 0.3) is 0 Å². The quantitative estimate of drug-likeness (QED) is 0.308. The van der Waals surface area contributed by atoms with Gasteiger partial charge >= 0.3 is 22.4 Å². The van der Waals surface area contributed by atoms with E-state index >= 15 is 0 Å². The molecule has 0 aliphatic heterocycles. The van der Waals surface area contributed by atoms with Crippen molar-refractivity contribution in [2.45, 2.75) is 0 Å². The molecule has 0 amide bonds. The van der Waals surface area contributed by atoms with Crippen LogP contribution < -0.4 is 4.74 Å². The van der Waals surface area contributed by atoms with Crippen LogP contribution in [0.3, 0.4) is 0 Å². The van der Waals surface area contributed by atoms with E-state index in [1.165, 1.54) is 6.42 Å². The van der Waals surface area contributed by atoms with E-state index in [1.807, 2.05) is 18.2 Å². The van der Waals surface area contributed by atoms with Crippen molar-refractivity contribution in [1.29, 1.82) is 0 Å². The SMILES string of the molecule is COc1ccc(C(=[OH+])[CH-]C(=[OH+])c2ccccc2)cc1.[Ta+5]. The minimum Gasteiger partial charge on any atom is -0.497 e. The first-order valence-electron chi connectivity index (χ1n) is 5.87. The molecule has 0 fully saturated rings. The van der Waals surface area contributed by atoms with E-state index in [1.54, 1.807) is 43.5 Å². The molecular formula is C16H15O3Ta+6.